The molecule has 0 fully saturated rings. The van der Waals surface area contributed by atoms with Crippen LogP contribution < -0.4 is 0 Å². The number of para-hydroxylation sites is 2. The van der Waals surface area contributed by atoms with E-state index in [4.69, 9.17) is 15.0 Å². The van der Waals surface area contributed by atoms with Crippen LogP contribution in [0.4, 0.5) is 0 Å². The first-order valence-electron chi connectivity index (χ1n) is 23.3. The van der Waals surface area contributed by atoms with Gasteiger partial charge >= 0.3 is 0 Å². The lowest BCUT2D eigenvalue weighted by atomic mass is 10.0. The number of thiophene rings is 1. The first-order chi connectivity index (χ1) is 34.2. The molecule has 4 heterocycles. The third-order valence-corrected chi connectivity index (χ3v) is 14.7. The van der Waals surface area contributed by atoms with E-state index in [1.165, 1.54) is 75.3 Å². The maximum atomic E-state index is 5.22. The van der Waals surface area contributed by atoms with Crippen LogP contribution in [0.1, 0.15) is 0 Å². The topological polar surface area (TPSA) is 48.5 Å². The van der Waals surface area contributed by atoms with Crippen LogP contribution in [0.5, 0.6) is 0 Å². The second kappa shape index (κ2) is 15.8. The van der Waals surface area contributed by atoms with Gasteiger partial charge < -0.3 is 9.13 Å². The molecule has 0 radical (unpaired) electrons. The summed E-state index contributed by atoms with van der Waals surface area (Å²) >= 11 is 1.86. The van der Waals surface area contributed by atoms with Crippen molar-refractivity contribution in [1.29, 1.82) is 0 Å². The molecule has 14 aromatic rings. The van der Waals surface area contributed by atoms with E-state index in [2.05, 4.69) is 221 Å². The minimum Gasteiger partial charge on any atom is -0.309 e. The number of hydrogen-bond donors (Lipinski definition) is 0. The lowest BCUT2D eigenvalue weighted by Crippen LogP contribution is -2.00. The molecule has 5 nitrogen and oxygen atoms in total. The minimum atomic E-state index is 0.625. The molecule has 14 rings (SSSR count). The molecule has 0 amide bonds. The van der Waals surface area contributed by atoms with Crippen LogP contribution in [0.3, 0.4) is 0 Å². The Hall–Kier alpha value is -8.97. The highest BCUT2D eigenvalue weighted by Gasteiger charge is 2.23. The van der Waals surface area contributed by atoms with Crippen LogP contribution >= 0.6 is 11.3 Å². The van der Waals surface area contributed by atoms with E-state index in [9.17, 15) is 0 Å². The first-order valence-corrected chi connectivity index (χ1v) is 24.1. The van der Waals surface area contributed by atoms with Gasteiger partial charge in [0.15, 0.2) is 17.5 Å². The Kier molecular flexibility index (Phi) is 9.00. The van der Waals surface area contributed by atoms with Gasteiger partial charge in [0, 0.05) is 64.1 Å². The summed E-state index contributed by atoms with van der Waals surface area (Å²) in [7, 11) is 0. The number of rotatable bonds is 7. The van der Waals surface area contributed by atoms with E-state index in [1.807, 2.05) is 35.6 Å². The minimum absolute atomic E-state index is 0.625. The van der Waals surface area contributed by atoms with Crippen molar-refractivity contribution in [3.05, 3.63) is 237 Å². The van der Waals surface area contributed by atoms with Gasteiger partial charge in [0.2, 0.25) is 0 Å². The van der Waals surface area contributed by atoms with E-state index >= 15 is 0 Å². The predicted molar refractivity (Wildman–Crippen MR) is 289 cm³/mol. The molecule has 0 N–H and O–H groups in total. The van der Waals surface area contributed by atoms with Gasteiger partial charge in [0.25, 0.3) is 0 Å². The molecular formula is C63H39N5S. The number of aromatic nitrogens is 5. The Morgan fingerprint density at radius 1 is 0.290 bits per heavy atom. The molecule has 0 aliphatic heterocycles. The van der Waals surface area contributed by atoms with Crippen LogP contribution in [0.2, 0.25) is 0 Å². The molecule has 0 unspecified atom stereocenters. The van der Waals surface area contributed by atoms with Crippen molar-refractivity contribution >= 4 is 75.1 Å². The van der Waals surface area contributed by atoms with Gasteiger partial charge in [0.1, 0.15) is 0 Å². The van der Waals surface area contributed by atoms with E-state index in [0.717, 1.165) is 38.8 Å². The number of benzene rings is 10. The zero-order valence-electron chi connectivity index (χ0n) is 37.2. The molecule has 0 spiro atoms. The van der Waals surface area contributed by atoms with Gasteiger partial charge in [-0.25, -0.2) is 15.0 Å². The van der Waals surface area contributed by atoms with E-state index < -0.39 is 0 Å². The summed E-state index contributed by atoms with van der Waals surface area (Å²) in [5.74, 6) is 1.89. The van der Waals surface area contributed by atoms with Crippen LogP contribution in [0.15, 0.2) is 237 Å². The smallest absolute Gasteiger partial charge is 0.164 e. The quantitative estimate of drug-likeness (QED) is 0.160. The molecule has 0 aliphatic carbocycles. The zero-order valence-corrected chi connectivity index (χ0v) is 38.0. The van der Waals surface area contributed by atoms with Gasteiger partial charge in [-0.15, -0.1) is 11.3 Å². The third kappa shape index (κ3) is 6.41. The highest BCUT2D eigenvalue weighted by molar-refractivity contribution is 7.26. The second-order valence-electron chi connectivity index (χ2n) is 17.6. The highest BCUT2D eigenvalue weighted by atomic mass is 32.1. The van der Waals surface area contributed by atoms with Crippen molar-refractivity contribution in [3.8, 4) is 67.8 Å². The monoisotopic (exact) mass is 897 g/mol. The summed E-state index contributed by atoms with van der Waals surface area (Å²) in [4.78, 5) is 15.5. The Morgan fingerprint density at radius 2 is 0.768 bits per heavy atom. The van der Waals surface area contributed by atoms with Crippen molar-refractivity contribution in [2.75, 3.05) is 0 Å². The highest BCUT2D eigenvalue weighted by Crippen LogP contribution is 2.47. The number of nitrogens with zero attached hydrogens (tertiary/aromatic N) is 5. The molecule has 0 atom stereocenters. The maximum absolute atomic E-state index is 5.22. The van der Waals surface area contributed by atoms with Gasteiger partial charge in [-0.05, 0) is 89.0 Å². The fourth-order valence-corrected chi connectivity index (χ4v) is 11.5. The molecule has 0 bridgehead atoms. The Balaban J connectivity index is 1.00. The molecule has 0 saturated heterocycles. The fraction of sp³-hybridized carbons (Fsp3) is 0. The van der Waals surface area contributed by atoms with Crippen molar-refractivity contribution in [3.63, 3.8) is 0 Å². The van der Waals surface area contributed by atoms with Crippen molar-refractivity contribution in [2.24, 2.45) is 0 Å². The number of hydrogen-bond acceptors (Lipinski definition) is 4. The molecule has 4 aromatic heterocycles. The lowest BCUT2D eigenvalue weighted by molar-refractivity contribution is 1.07. The van der Waals surface area contributed by atoms with Gasteiger partial charge in [-0.3, -0.25) is 0 Å². The van der Waals surface area contributed by atoms with Crippen molar-refractivity contribution in [1.82, 2.24) is 24.1 Å². The van der Waals surface area contributed by atoms with E-state index in [0.29, 0.717) is 17.5 Å². The SMILES string of the molecule is c1ccc(-c2ccc(-c3nc(-c4ccccc4)nc(-c4ccc5c(c4)c4ccc6sc7cccc(-n8c9ccccc9c9cc(-c%10ccccc%10)ccc98)c7c6c4n5-c4ccccc4)n3)cc2)cc1. The maximum Gasteiger partial charge on any atom is 0.164 e. The molecule has 69 heavy (non-hydrogen) atoms. The Bertz CT molecular complexity index is 4270. The summed E-state index contributed by atoms with van der Waals surface area (Å²) in [6, 6.07) is 84.5. The Labute approximate surface area is 401 Å². The molecule has 10 aromatic carbocycles. The van der Waals surface area contributed by atoms with Crippen molar-refractivity contribution < 1.29 is 0 Å². The third-order valence-electron chi connectivity index (χ3n) is 13.6. The summed E-state index contributed by atoms with van der Waals surface area (Å²) in [6.07, 6.45) is 0. The average Bonchev–Trinajstić information content (AvgIpc) is 4.09. The molecule has 6 heteroatoms. The largest absolute Gasteiger partial charge is 0.309 e. The summed E-state index contributed by atoms with van der Waals surface area (Å²) in [5, 5.41) is 7.25. The molecule has 0 saturated carbocycles. The van der Waals surface area contributed by atoms with Gasteiger partial charge in [-0.1, -0.05) is 170 Å². The van der Waals surface area contributed by atoms with Crippen LogP contribution in [0.25, 0.3) is 132 Å². The van der Waals surface area contributed by atoms with Crippen LogP contribution in [-0.4, -0.2) is 24.1 Å². The molecule has 0 aliphatic rings. The normalized spacial score (nSPS) is 11.8. The zero-order chi connectivity index (χ0) is 45.4. The van der Waals surface area contributed by atoms with Crippen LogP contribution in [0, 0.1) is 0 Å². The average molecular weight is 898 g/mol. The summed E-state index contributed by atoms with van der Waals surface area (Å²) in [6.45, 7) is 0. The molecular weight excluding hydrogens is 859 g/mol. The standard InChI is InChI=1S/C63H39N5S/c1-5-16-40(17-6-1)42-28-30-44(31-29-42)62-64-61(43-20-9-3-10-21-43)65-63(66-62)46-33-36-53-51(39-46)49-34-37-57-59(60(49)67(53)47-22-11-4-12-23-47)58-55(26-15-27-56(58)69-57)68-52-25-14-13-24-48(52)50-38-45(32-35-54(50)68)41-18-7-2-8-19-41/h1-39H. The molecule has 322 valence electrons. The predicted octanol–water partition coefficient (Wildman–Crippen LogP) is 16.8. The summed E-state index contributed by atoms with van der Waals surface area (Å²) < 4.78 is 7.43. The van der Waals surface area contributed by atoms with Gasteiger partial charge in [0.05, 0.1) is 27.8 Å². The number of fused-ring (bicyclic) bond motifs is 10. The first kappa shape index (κ1) is 39.2. The van der Waals surface area contributed by atoms with Crippen molar-refractivity contribution in [2.45, 2.75) is 0 Å². The fourth-order valence-electron chi connectivity index (χ4n) is 10.4. The van der Waals surface area contributed by atoms with Gasteiger partial charge in [-0.2, -0.15) is 0 Å². The lowest BCUT2D eigenvalue weighted by Gasteiger charge is -2.12. The second-order valence-corrected chi connectivity index (χ2v) is 18.6. The Morgan fingerprint density at radius 3 is 1.48 bits per heavy atom. The van der Waals surface area contributed by atoms with E-state index in [1.54, 1.807) is 0 Å². The van der Waals surface area contributed by atoms with Crippen LogP contribution in [-0.2, 0) is 0 Å². The summed E-state index contributed by atoms with van der Waals surface area (Å²) in [5.41, 5.74) is 14.5. The van der Waals surface area contributed by atoms with E-state index in [-0.39, 0.29) is 0 Å².